The molecule has 2 rings (SSSR count). The molecule has 2 nitrogen and oxygen atoms in total. The summed E-state index contributed by atoms with van der Waals surface area (Å²) in [6.45, 7) is 6.29. The van der Waals surface area contributed by atoms with E-state index >= 15 is 0 Å². The van der Waals surface area contributed by atoms with Crippen molar-refractivity contribution in [2.24, 2.45) is 0 Å². The molecule has 76 valence electrons. The lowest BCUT2D eigenvalue weighted by molar-refractivity contribution is 0.237. The second-order valence-electron chi connectivity index (χ2n) is 4.27. The van der Waals surface area contributed by atoms with Gasteiger partial charge in [-0.2, -0.15) is 0 Å². The van der Waals surface area contributed by atoms with Crippen LogP contribution < -0.4 is 0 Å². The van der Waals surface area contributed by atoms with Gasteiger partial charge in [0.05, 0.1) is 6.61 Å². The summed E-state index contributed by atoms with van der Waals surface area (Å²) in [4.78, 5) is 0. The maximum Gasteiger partial charge on any atom is 0.119 e. The molecule has 1 aromatic rings. The van der Waals surface area contributed by atoms with Gasteiger partial charge in [0.25, 0.3) is 0 Å². The Bertz CT molecular complexity index is 339. The zero-order chi connectivity index (χ0) is 10.3. The van der Waals surface area contributed by atoms with Gasteiger partial charge < -0.3 is 9.84 Å². The molecular weight excluding hydrogens is 176 g/mol. The van der Waals surface area contributed by atoms with Gasteiger partial charge in [-0.1, -0.05) is 29.3 Å². The fourth-order valence-corrected chi connectivity index (χ4v) is 1.99. The Morgan fingerprint density at radius 2 is 1.86 bits per heavy atom. The highest BCUT2D eigenvalue weighted by Gasteiger charge is 2.53. The highest BCUT2D eigenvalue weighted by atomic mass is 16.6. The summed E-state index contributed by atoms with van der Waals surface area (Å²) < 4.78 is 5.50. The molecule has 0 saturated carbocycles. The van der Waals surface area contributed by atoms with Crippen molar-refractivity contribution in [1.82, 2.24) is 0 Å². The SMILES string of the molecule is Cc1cc(C)cc([C@@]2(C)OC2CO)c1. The Morgan fingerprint density at radius 1 is 1.29 bits per heavy atom. The average molecular weight is 192 g/mol. The summed E-state index contributed by atoms with van der Waals surface area (Å²) in [7, 11) is 0. The van der Waals surface area contributed by atoms with Gasteiger partial charge in [0.1, 0.15) is 11.7 Å². The van der Waals surface area contributed by atoms with Crippen LogP contribution in [-0.2, 0) is 10.3 Å². The van der Waals surface area contributed by atoms with Gasteiger partial charge in [-0.25, -0.2) is 0 Å². The number of epoxide rings is 1. The Hall–Kier alpha value is -0.860. The molecule has 1 aliphatic heterocycles. The number of aryl methyl sites for hydroxylation is 2. The first-order chi connectivity index (χ1) is 6.56. The second kappa shape index (κ2) is 3.07. The first kappa shape index (κ1) is 9.69. The molecule has 1 saturated heterocycles. The molecule has 1 aliphatic rings. The second-order valence-corrected chi connectivity index (χ2v) is 4.27. The molecule has 1 aromatic carbocycles. The number of aliphatic hydroxyl groups is 1. The van der Waals surface area contributed by atoms with E-state index in [-0.39, 0.29) is 18.3 Å². The third-order valence-corrected chi connectivity index (χ3v) is 2.90. The Labute approximate surface area is 84.5 Å². The first-order valence-corrected chi connectivity index (χ1v) is 4.94. The molecule has 0 aliphatic carbocycles. The normalized spacial score (nSPS) is 30.4. The molecule has 2 heteroatoms. The summed E-state index contributed by atoms with van der Waals surface area (Å²) in [5, 5.41) is 9.02. The number of rotatable bonds is 2. The lowest BCUT2D eigenvalue weighted by Crippen LogP contribution is -2.10. The van der Waals surface area contributed by atoms with Crippen LogP contribution in [0.2, 0.25) is 0 Å². The molecule has 0 spiro atoms. The van der Waals surface area contributed by atoms with Gasteiger partial charge in [-0.15, -0.1) is 0 Å². The van der Waals surface area contributed by atoms with E-state index in [1.165, 1.54) is 16.7 Å². The first-order valence-electron chi connectivity index (χ1n) is 4.94. The average Bonchev–Trinajstić information content (AvgIpc) is 2.77. The van der Waals surface area contributed by atoms with E-state index in [4.69, 9.17) is 9.84 Å². The number of benzene rings is 1. The molecule has 0 bridgehead atoms. The van der Waals surface area contributed by atoms with E-state index < -0.39 is 0 Å². The van der Waals surface area contributed by atoms with E-state index in [1.54, 1.807) is 0 Å². The third kappa shape index (κ3) is 1.45. The van der Waals surface area contributed by atoms with Crippen LogP contribution in [0.1, 0.15) is 23.6 Å². The number of ether oxygens (including phenoxy) is 1. The van der Waals surface area contributed by atoms with E-state index in [0.717, 1.165) is 0 Å². The summed E-state index contributed by atoms with van der Waals surface area (Å²) in [5.41, 5.74) is 3.40. The molecule has 0 amide bonds. The minimum atomic E-state index is -0.258. The number of aliphatic hydroxyl groups excluding tert-OH is 1. The zero-order valence-corrected chi connectivity index (χ0v) is 8.87. The molecule has 1 heterocycles. The summed E-state index contributed by atoms with van der Waals surface area (Å²) in [5.74, 6) is 0. The summed E-state index contributed by atoms with van der Waals surface area (Å²) >= 11 is 0. The summed E-state index contributed by atoms with van der Waals surface area (Å²) in [6.07, 6.45) is -0.0244. The molecule has 2 atom stereocenters. The monoisotopic (exact) mass is 192 g/mol. The fraction of sp³-hybridized carbons (Fsp3) is 0.500. The lowest BCUT2D eigenvalue weighted by atomic mass is 9.94. The van der Waals surface area contributed by atoms with Crippen LogP contribution in [0.4, 0.5) is 0 Å². The van der Waals surface area contributed by atoms with Gasteiger partial charge in [0.15, 0.2) is 0 Å². The number of hydrogen-bond acceptors (Lipinski definition) is 2. The summed E-state index contributed by atoms with van der Waals surface area (Å²) in [6, 6.07) is 6.40. The van der Waals surface area contributed by atoms with Crippen molar-refractivity contribution in [3.63, 3.8) is 0 Å². The van der Waals surface area contributed by atoms with E-state index in [2.05, 4.69) is 32.0 Å². The van der Waals surface area contributed by atoms with E-state index in [1.807, 2.05) is 6.92 Å². The van der Waals surface area contributed by atoms with Crippen molar-refractivity contribution in [3.05, 3.63) is 34.9 Å². The van der Waals surface area contributed by atoms with Crippen molar-refractivity contribution in [1.29, 1.82) is 0 Å². The Balaban J connectivity index is 2.34. The third-order valence-electron chi connectivity index (χ3n) is 2.90. The van der Waals surface area contributed by atoms with E-state index in [9.17, 15) is 0 Å². The smallest absolute Gasteiger partial charge is 0.119 e. The predicted molar refractivity (Wildman–Crippen MR) is 55.2 cm³/mol. The van der Waals surface area contributed by atoms with Gasteiger partial charge in [0, 0.05) is 0 Å². The molecule has 14 heavy (non-hydrogen) atoms. The van der Waals surface area contributed by atoms with Crippen LogP contribution in [0.3, 0.4) is 0 Å². The predicted octanol–water partition coefficient (Wildman–Crippen LogP) is 1.91. The minimum absolute atomic E-state index is 0.0244. The van der Waals surface area contributed by atoms with Crippen LogP contribution >= 0.6 is 0 Å². The van der Waals surface area contributed by atoms with Crippen LogP contribution in [0.5, 0.6) is 0 Å². The minimum Gasteiger partial charge on any atom is -0.394 e. The maximum atomic E-state index is 9.02. The topological polar surface area (TPSA) is 32.8 Å². The van der Waals surface area contributed by atoms with Crippen molar-refractivity contribution in [3.8, 4) is 0 Å². The van der Waals surface area contributed by atoms with Crippen molar-refractivity contribution >= 4 is 0 Å². The highest BCUT2D eigenvalue weighted by molar-refractivity contribution is 5.35. The van der Waals surface area contributed by atoms with Crippen LogP contribution in [0, 0.1) is 13.8 Å². The van der Waals surface area contributed by atoms with Crippen LogP contribution in [0.15, 0.2) is 18.2 Å². The van der Waals surface area contributed by atoms with Crippen molar-refractivity contribution < 1.29 is 9.84 Å². The maximum absolute atomic E-state index is 9.02. The highest BCUT2D eigenvalue weighted by Crippen LogP contribution is 2.45. The van der Waals surface area contributed by atoms with Crippen molar-refractivity contribution in [2.45, 2.75) is 32.5 Å². The molecule has 1 N–H and O–H groups in total. The van der Waals surface area contributed by atoms with Gasteiger partial charge in [0.2, 0.25) is 0 Å². The van der Waals surface area contributed by atoms with Crippen LogP contribution in [-0.4, -0.2) is 17.8 Å². The van der Waals surface area contributed by atoms with E-state index in [0.29, 0.717) is 0 Å². The number of hydrogen-bond donors (Lipinski definition) is 1. The van der Waals surface area contributed by atoms with Gasteiger partial charge in [-0.3, -0.25) is 0 Å². The standard InChI is InChI=1S/C12H16O2/c1-8-4-9(2)6-10(5-8)12(3)11(7-13)14-12/h4-6,11,13H,7H2,1-3H3/t11?,12-/m1/s1. The van der Waals surface area contributed by atoms with Gasteiger partial charge >= 0.3 is 0 Å². The molecular formula is C12H16O2. The van der Waals surface area contributed by atoms with Crippen LogP contribution in [0.25, 0.3) is 0 Å². The lowest BCUT2D eigenvalue weighted by Gasteiger charge is -2.09. The molecule has 1 fully saturated rings. The quantitative estimate of drug-likeness (QED) is 0.726. The van der Waals surface area contributed by atoms with Gasteiger partial charge in [-0.05, 0) is 26.3 Å². The molecule has 1 unspecified atom stereocenters. The zero-order valence-electron chi connectivity index (χ0n) is 8.87. The Kier molecular flexibility index (Phi) is 2.13. The molecule has 0 radical (unpaired) electrons. The Morgan fingerprint density at radius 3 is 2.29 bits per heavy atom. The largest absolute Gasteiger partial charge is 0.394 e. The molecule has 0 aromatic heterocycles. The fourth-order valence-electron chi connectivity index (χ4n) is 1.99. The van der Waals surface area contributed by atoms with Crippen molar-refractivity contribution in [2.75, 3.05) is 6.61 Å².